The van der Waals surface area contributed by atoms with Crippen LogP contribution in [0.15, 0.2) is 24.3 Å². The lowest BCUT2D eigenvalue weighted by atomic mass is 10.2. The number of rotatable bonds is 7. The molecule has 1 aromatic carbocycles. The minimum absolute atomic E-state index is 0.308. The third-order valence-corrected chi connectivity index (χ3v) is 2.31. The van der Waals surface area contributed by atoms with Gasteiger partial charge in [-0.15, -0.1) is 0 Å². The van der Waals surface area contributed by atoms with Crippen LogP contribution in [-0.2, 0) is 0 Å². The standard InChI is InChI=1S/C12H20N2O/c13-8-3-1-2-4-9-14-11-6-5-7-12(15)10-11/h5-7,10,14-15H,1-4,8-9,13H2. The summed E-state index contributed by atoms with van der Waals surface area (Å²) in [6, 6.07) is 7.21. The number of hydrogen-bond acceptors (Lipinski definition) is 3. The van der Waals surface area contributed by atoms with Gasteiger partial charge in [-0.2, -0.15) is 0 Å². The number of hydrogen-bond donors (Lipinski definition) is 3. The molecule has 0 atom stereocenters. The number of anilines is 1. The van der Waals surface area contributed by atoms with Gasteiger partial charge in [0.05, 0.1) is 0 Å². The van der Waals surface area contributed by atoms with E-state index < -0.39 is 0 Å². The van der Waals surface area contributed by atoms with Gasteiger partial charge in [0.1, 0.15) is 5.75 Å². The summed E-state index contributed by atoms with van der Waals surface area (Å²) >= 11 is 0. The molecule has 0 heterocycles. The number of phenols is 1. The summed E-state index contributed by atoms with van der Waals surface area (Å²) in [5, 5.41) is 12.5. The van der Waals surface area contributed by atoms with Crippen LogP contribution in [0.5, 0.6) is 5.75 Å². The van der Waals surface area contributed by atoms with E-state index >= 15 is 0 Å². The van der Waals surface area contributed by atoms with E-state index in [9.17, 15) is 5.11 Å². The Balaban J connectivity index is 2.10. The Morgan fingerprint density at radius 1 is 1.13 bits per heavy atom. The normalized spacial score (nSPS) is 10.2. The Morgan fingerprint density at radius 3 is 2.67 bits per heavy atom. The van der Waals surface area contributed by atoms with E-state index in [1.165, 1.54) is 12.8 Å². The quantitative estimate of drug-likeness (QED) is 0.603. The third kappa shape index (κ3) is 5.27. The molecule has 0 saturated carbocycles. The van der Waals surface area contributed by atoms with E-state index in [-0.39, 0.29) is 0 Å². The van der Waals surface area contributed by atoms with Gasteiger partial charge in [-0.05, 0) is 31.5 Å². The second kappa shape index (κ2) is 7.12. The lowest BCUT2D eigenvalue weighted by Crippen LogP contribution is -2.02. The van der Waals surface area contributed by atoms with Crippen molar-refractivity contribution in [3.05, 3.63) is 24.3 Å². The first-order valence-electron chi connectivity index (χ1n) is 5.56. The molecule has 0 unspecified atom stereocenters. The molecule has 0 fully saturated rings. The number of aromatic hydroxyl groups is 1. The largest absolute Gasteiger partial charge is 0.508 e. The molecule has 0 spiro atoms. The summed E-state index contributed by atoms with van der Waals surface area (Å²) in [5.41, 5.74) is 6.39. The van der Waals surface area contributed by atoms with Crippen LogP contribution < -0.4 is 11.1 Å². The van der Waals surface area contributed by atoms with Crippen molar-refractivity contribution in [3.63, 3.8) is 0 Å². The minimum Gasteiger partial charge on any atom is -0.508 e. The summed E-state index contributed by atoms with van der Waals surface area (Å²) in [6.45, 7) is 1.74. The van der Waals surface area contributed by atoms with Crippen molar-refractivity contribution in [2.24, 2.45) is 5.73 Å². The van der Waals surface area contributed by atoms with Gasteiger partial charge in [-0.3, -0.25) is 0 Å². The fourth-order valence-electron chi connectivity index (χ4n) is 1.47. The molecule has 0 radical (unpaired) electrons. The van der Waals surface area contributed by atoms with Crippen molar-refractivity contribution in [2.45, 2.75) is 25.7 Å². The zero-order valence-electron chi connectivity index (χ0n) is 9.08. The molecule has 0 aromatic heterocycles. The van der Waals surface area contributed by atoms with Gasteiger partial charge in [0.15, 0.2) is 0 Å². The summed E-state index contributed by atoms with van der Waals surface area (Å²) in [7, 11) is 0. The van der Waals surface area contributed by atoms with Crippen LogP contribution in [0.3, 0.4) is 0 Å². The van der Waals surface area contributed by atoms with Crippen molar-refractivity contribution >= 4 is 5.69 Å². The molecule has 0 bridgehead atoms. The number of nitrogens with one attached hydrogen (secondary N) is 1. The van der Waals surface area contributed by atoms with Gasteiger partial charge in [-0.25, -0.2) is 0 Å². The lowest BCUT2D eigenvalue weighted by molar-refractivity contribution is 0.475. The lowest BCUT2D eigenvalue weighted by Gasteiger charge is -2.06. The third-order valence-electron chi connectivity index (χ3n) is 2.31. The molecule has 3 nitrogen and oxygen atoms in total. The zero-order valence-corrected chi connectivity index (χ0v) is 9.08. The Hall–Kier alpha value is -1.22. The Kier molecular flexibility index (Phi) is 5.63. The Morgan fingerprint density at radius 2 is 1.93 bits per heavy atom. The van der Waals surface area contributed by atoms with E-state index in [2.05, 4.69) is 5.32 Å². The highest BCUT2D eigenvalue weighted by Crippen LogP contribution is 2.15. The molecule has 0 aliphatic heterocycles. The van der Waals surface area contributed by atoms with Crippen molar-refractivity contribution in [1.82, 2.24) is 0 Å². The van der Waals surface area contributed by atoms with Crippen molar-refractivity contribution < 1.29 is 5.11 Å². The van der Waals surface area contributed by atoms with Gasteiger partial charge < -0.3 is 16.2 Å². The van der Waals surface area contributed by atoms with Gasteiger partial charge in [0.2, 0.25) is 0 Å². The molecular weight excluding hydrogens is 188 g/mol. The van der Waals surface area contributed by atoms with E-state index in [0.717, 1.165) is 31.6 Å². The van der Waals surface area contributed by atoms with Crippen LogP contribution in [-0.4, -0.2) is 18.2 Å². The average Bonchev–Trinajstić information content (AvgIpc) is 2.23. The van der Waals surface area contributed by atoms with Crippen LogP contribution in [0, 0.1) is 0 Å². The predicted molar refractivity (Wildman–Crippen MR) is 64.1 cm³/mol. The molecule has 15 heavy (non-hydrogen) atoms. The molecule has 0 aliphatic carbocycles. The first-order valence-corrected chi connectivity index (χ1v) is 5.56. The van der Waals surface area contributed by atoms with Crippen LogP contribution in [0.1, 0.15) is 25.7 Å². The number of benzene rings is 1. The van der Waals surface area contributed by atoms with Crippen molar-refractivity contribution in [1.29, 1.82) is 0 Å². The van der Waals surface area contributed by atoms with Crippen molar-refractivity contribution in [2.75, 3.05) is 18.4 Å². The first kappa shape index (κ1) is 11.9. The highest BCUT2D eigenvalue weighted by molar-refractivity contribution is 5.47. The fourth-order valence-corrected chi connectivity index (χ4v) is 1.47. The fraction of sp³-hybridized carbons (Fsp3) is 0.500. The summed E-state index contributed by atoms with van der Waals surface area (Å²) < 4.78 is 0. The molecule has 1 rings (SSSR count). The molecule has 84 valence electrons. The topological polar surface area (TPSA) is 58.3 Å². The van der Waals surface area contributed by atoms with E-state index in [1.54, 1.807) is 12.1 Å². The number of phenolic OH excluding ortho intramolecular Hbond substituents is 1. The maximum atomic E-state index is 9.23. The zero-order chi connectivity index (χ0) is 10.9. The molecule has 0 amide bonds. The summed E-state index contributed by atoms with van der Waals surface area (Å²) in [6.07, 6.45) is 4.68. The average molecular weight is 208 g/mol. The van der Waals surface area contributed by atoms with E-state index in [4.69, 9.17) is 5.73 Å². The summed E-state index contributed by atoms with van der Waals surface area (Å²) in [5.74, 6) is 0.308. The second-order valence-electron chi connectivity index (χ2n) is 3.68. The van der Waals surface area contributed by atoms with E-state index in [1.807, 2.05) is 12.1 Å². The first-order chi connectivity index (χ1) is 7.33. The maximum absolute atomic E-state index is 9.23. The van der Waals surface area contributed by atoms with Gasteiger partial charge in [0, 0.05) is 18.3 Å². The predicted octanol–water partition coefficient (Wildman–Crippen LogP) is 2.32. The SMILES string of the molecule is NCCCCCCNc1cccc(O)c1. The highest BCUT2D eigenvalue weighted by Gasteiger charge is 1.93. The summed E-state index contributed by atoms with van der Waals surface area (Å²) in [4.78, 5) is 0. The monoisotopic (exact) mass is 208 g/mol. The molecule has 3 heteroatoms. The number of nitrogens with two attached hydrogens (primary N) is 1. The molecule has 0 aliphatic rings. The second-order valence-corrected chi connectivity index (χ2v) is 3.68. The smallest absolute Gasteiger partial charge is 0.117 e. The van der Waals surface area contributed by atoms with Crippen LogP contribution >= 0.6 is 0 Å². The maximum Gasteiger partial charge on any atom is 0.117 e. The Bertz CT molecular complexity index is 276. The molecule has 1 aromatic rings. The van der Waals surface area contributed by atoms with Crippen LogP contribution in [0.4, 0.5) is 5.69 Å². The molecule has 4 N–H and O–H groups in total. The minimum atomic E-state index is 0.308. The van der Waals surface area contributed by atoms with Gasteiger partial charge >= 0.3 is 0 Å². The van der Waals surface area contributed by atoms with Crippen LogP contribution in [0.2, 0.25) is 0 Å². The van der Waals surface area contributed by atoms with Crippen molar-refractivity contribution in [3.8, 4) is 5.75 Å². The highest BCUT2D eigenvalue weighted by atomic mass is 16.3. The van der Waals surface area contributed by atoms with E-state index in [0.29, 0.717) is 5.75 Å². The van der Waals surface area contributed by atoms with Gasteiger partial charge in [0.25, 0.3) is 0 Å². The molecular formula is C12H20N2O. The Labute approximate surface area is 91.3 Å². The molecule has 0 saturated heterocycles. The van der Waals surface area contributed by atoms with Gasteiger partial charge in [-0.1, -0.05) is 18.9 Å². The number of unbranched alkanes of at least 4 members (excludes halogenated alkanes) is 3. The van der Waals surface area contributed by atoms with Crippen LogP contribution in [0.25, 0.3) is 0 Å².